The number of anilines is 1. The molecule has 1 aromatic carbocycles. The molecule has 2 aromatic rings. The molecule has 0 amide bonds. The van der Waals surface area contributed by atoms with Gasteiger partial charge in [-0.1, -0.05) is 17.3 Å². The molecule has 0 spiro atoms. The normalized spacial score (nSPS) is 22.7. The third kappa shape index (κ3) is 1.77. The molecule has 0 radical (unpaired) electrons. The molecule has 0 unspecified atom stereocenters. The van der Waals surface area contributed by atoms with E-state index in [1.54, 1.807) is 6.07 Å². The molecule has 0 bridgehead atoms. The third-order valence-electron chi connectivity index (χ3n) is 3.01. The molecule has 0 aliphatic heterocycles. The number of nitrogen functional groups attached to an aromatic ring is 1. The van der Waals surface area contributed by atoms with E-state index in [4.69, 9.17) is 10.3 Å². The van der Waals surface area contributed by atoms with Crippen molar-refractivity contribution in [1.82, 2.24) is 10.1 Å². The summed E-state index contributed by atoms with van der Waals surface area (Å²) in [5, 5.41) is 3.84. The first-order valence-electron chi connectivity index (χ1n) is 5.49. The van der Waals surface area contributed by atoms with Crippen LogP contribution in [0.3, 0.4) is 0 Å². The number of aryl methyl sites for hydroxylation is 1. The molecule has 1 saturated carbocycles. The predicted molar refractivity (Wildman–Crippen MR) is 61.1 cm³/mol. The van der Waals surface area contributed by atoms with Gasteiger partial charge in [0.15, 0.2) is 0 Å². The van der Waals surface area contributed by atoms with Crippen molar-refractivity contribution < 1.29 is 8.91 Å². The van der Waals surface area contributed by atoms with Crippen molar-refractivity contribution in [3.63, 3.8) is 0 Å². The lowest BCUT2D eigenvalue weighted by atomic mass is 10.1. The first kappa shape index (κ1) is 10.3. The number of hydrogen-bond acceptors (Lipinski definition) is 4. The maximum Gasteiger partial charge on any atom is 0.233 e. The largest absolute Gasteiger partial charge is 0.398 e. The number of rotatable bonds is 2. The quantitative estimate of drug-likeness (QED) is 0.809. The van der Waals surface area contributed by atoms with Crippen molar-refractivity contribution in [2.45, 2.75) is 25.4 Å². The molecule has 88 valence electrons. The van der Waals surface area contributed by atoms with Gasteiger partial charge in [0, 0.05) is 11.3 Å². The van der Waals surface area contributed by atoms with Crippen LogP contribution >= 0.6 is 0 Å². The minimum atomic E-state index is -0.827. The van der Waals surface area contributed by atoms with Crippen LogP contribution in [-0.4, -0.2) is 16.3 Å². The van der Waals surface area contributed by atoms with Crippen molar-refractivity contribution in [1.29, 1.82) is 0 Å². The van der Waals surface area contributed by atoms with Gasteiger partial charge in [0.25, 0.3) is 0 Å². The van der Waals surface area contributed by atoms with Gasteiger partial charge in [-0.05, 0) is 25.0 Å². The van der Waals surface area contributed by atoms with E-state index in [9.17, 15) is 4.39 Å². The SMILES string of the molecule is Cc1ccc(-c2noc([C@H]3C[C@@H]3F)n2)cc1N. The highest BCUT2D eigenvalue weighted by molar-refractivity contribution is 5.63. The van der Waals surface area contributed by atoms with E-state index < -0.39 is 6.17 Å². The summed E-state index contributed by atoms with van der Waals surface area (Å²) in [5.74, 6) is 0.636. The van der Waals surface area contributed by atoms with Gasteiger partial charge in [-0.2, -0.15) is 4.98 Å². The smallest absolute Gasteiger partial charge is 0.233 e. The highest BCUT2D eigenvalue weighted by atomic mass is 19.1. The minimum Gasteiger partial charge on any atom is -0.398 e. The molecule has 4 nitrogen and oxygen atoms in total. The number of nitrogens with two attached hydrogens (primary N) is 1. The summed E-state index contributed by atoms with van der Waals surface area (Å²) in [5.41, 5.74) is 8.29. The summed E-state index contributed by atoms with van der Waals surface area (Å²) in [6.07, 6.45) is -0.344. The molecule has 1 aromatic heterocycles. The second-order valence-electron chi connectivity index (χ2n) is 4.39. The van der Waals surface area contributed by atoms with Gasteiger partial charge in [-0.25, -0.2) is 4.39 Å². The molecular weight excluding hydrogens is 221 g/mol. The molecule has 2 N–H and O–H groups in total. The van der Waals surface area contributed by atoms with Gasteiger partial charge in [0.1, 0.15) is 6.17 Å². The molecule has 2 atom stereocenters. The van der Waals surface area contributed by atoms with E-state index in [1.165, 1.54) is 0 Å². The molecule has 5 heteroatoms. The van der Waals surface area contributed by atoms with Crippen LogP contribution in [-0.2, 0) is 0 Å². The van der Waals surface area contributed by atoms with Gasteiger partial charge in [-0.15, -0.1) is 0 Å². The number of aromatic nitrogens is 2. The maximum absolute atomic E-state index is 12.8. The molecule has 1 heterocycles. The second kappa shape index (κ2) is 3.55. The summed E-state index contributed by atoms with van der Waals surface area (Å²) >= 11 is 0. The molecule has 0 saturated heterocycles. The summed E-state index contributed by atoms with van der Waals surface area (Å²) < 4.78 is 17.9. The first-order chi connectivity index (χ1) is 8.15. The Kier molecular flexibility index (Phi) is 2.14. The van der Waals surface area contributed by atoms with E-state index in [2.05, 4.69) is 10.1 Å². The Labute approximate surface area is 97.6 Å². The maximum atomic E-state index is 12.8. The van der Waals surface area contributed by atoms with Crippen molar-refractivity contribution in [2.75, 3.05) is 5.73 Å². The van der Waals surface area contributed by atoms with Crippen LogP contribution in [0.2, 0.25) is 0 Å². The van der Waals surface area contributed by atoms with E-state index >= 15 is 0 Å². The Morgan fingerprint density at radius 3 is 2.88 bits per heavy atom. The first-order valence-corrected chi connectivity index (χ1v) is 5.49. The average Bonchev–Trinajstić information content (AvgIpc) is 2.86. The number of alkyl halides is 1. The summed E-state index contributed by atoms with van der Waals surface area (Å²) in [6, 6.07) is 5.57. The minimum absolute atomic E-state index is 0.209. The Bertz CT molecular complexity index is 567. The lowest BCUT2D eigenvalue weighted by Gasteiger charge is -2.00. The van der Waals surface area contributed by atoms with Gasteiger partial charge >= 0.3 is 0 Å². The third-order valence-corrected chi connectivity index (χ3v) is 3.01. The lowest BCUT2D eigenvalue weighted by Crippen LogP contribution is -1.91. The van der Waals surface area contributed by atoms with Crippen molar-refractivity contribution in [2.24, 2.45) is 0 Å². The number of benzene rings is 1. The Hall–Kier alpha value is -1.91. The lowest BCUT2D eigenvalue weighted by molar-refractivity contribution is 0.363. The Morgan fingerprint density at radius 2 is 2.24 bits per heavy atom. The van der Waals surface area contributed by atoms with Crippen molar-refractivity contribution in [3.8, 4) is 11.4 Å². The van der Waals surface area contributed by atoms with E-state index in [-0.39, 0.29) is 5.92 Å². The zero-order valence-electron chi connectivity index (χ0n) is 9.35. The fourth-order valence-corrected chi connectivity index (χ4v) is 1.70. The van der Waals surface area contributed by atoms with Crippen molar-refractivity contribution in [3.05, 3.63) is 29.7 Å². The fraction of sp³-hybridized carbons (Fsp3) is 0.333. The zero-order valence-corrected chi connectivity index (χ0v) is 9.35. The molecular formula is C12H12FN3O. The average molecular weight is 233 g/mol. The van der Waals surface area contributed by atoms with Gasteiger partial charge in [-0.3, -0.25) is 0 Å². The second-order valence-corrected chi connectivity index (χ2v) is 4.39. The van der Waals surface area contributed by atoms with Crippen molar-refractivity contribution >= 4 is 5.69 Å². The van der Waals surface area contributed by atoms with Crippen LogP contribution < -0.4 is 5.73 Å². The van der Waals surface area contributed by atoms with Crippen LogP contribution in [0.5, 0.6) is 0 Å². The highest BCUT2D eigenvalue weighted by Gasteiger charge is 2.43. The predicted octanol–water partition coefficient (Wildman–Crippen LogP) is 2.45. The van der Waals surface area contributed by atoms with Gasteiger partial charge in [0.05, 0.1) is 5.92 Å². The summed E-state index contributed by atoms with van der Waals surface area (Å²) in [4.78, 5) is 4.19. The van der Waals surface area contributed by atoms with E-state index in [0.717, 1.165) is 11.1 Å². The number of hydrogen-bond donors (Lipinski definition) is 1. The molecule has 3 rings (SSSR count). The molecule has 17 heavy (non-hydrogen) atoms. The van der Waals surface area contributed by atoms with Crippen LogP contribution in [0.4, 0.5) is 10.1 Å². The van der Waals surface area contributed by atoms with Crippen LogP contribution in [0.15, 0.2) is 22.7 Å². The Morgan fingerprint density at radius 1 is 1.47 bits per heavy atom. The molecule has 1 aliphatic rings. The number of halogens is 1. The van der Waals surface area contributed by atoms with Gasteiger partial charge < -0.3 is 10.3 Å². The van der Waals surface area contributed by atoms with Crippen LogP contribution in [0, 0.1) is 6.92 Å². The van der Waals surface area contributed by atoms with E-state index in [1.807, 2.05) is 19.1 Å². The van der Waals surface area contributed by atoms with Crippen LogP contribution in [0.25, 0.3) is 11.4 Å². The fourth-order valence-electron chi connectivity index (χ4n) is 1.70. The zero-order chi connectivity index (χ0) is 12.0. The standard InChI is InChI=1S/C12H12FN3O/c1-6-2-3-7(4-10(6)14)11-15-12(17-16-11)8-5-9(8)13/h2-4,8-9H,5,14H2,1H3/t8-,9-/m0/s1. The highest BCUT2D eigenvalue weighted by Crippen LogP contribution is 2.43. The molecule has 1 aliphatic carbocycles. The summed E-state index contributed by atoms with van der Waals surface area (Å²) in [6.45, 7) is 1.93. The number of nitrogens with zero attached hydrogens (tertiary/aromatic N) is 2. The topological polar surface area (TPSA) is 64.9 Å². The van der Waals surface area contributed by atoms with E-state index in [0.29, 0.717) is 23.8 Å². The van der Waals surface area contributed by atoms with Gasteiger partial charge in [0.2, 0.25) is 11.7 Å². The molecule has 1 fully saturated rings. The summed E-state index contributed by atoms with van der Waals surface area (Å²) in [7, 11) is 0. The van der Waals surface area contributed by atoms with Crippen LogP contribution in [0.1, 0.15) is 23.8 Å². The Balaban J connectivity index is 1.92. The monoisotopic (exact) mass is 233 g/mol.